The van der Waals surface area contributed by atoms with E-state index in [-0.39, 0.29) is 18.3 Å². The highest BCUT2D eigenvalue weighted by Gasteiger charge is 2.10. The topological polar surface area (TPSA) is 65.2 Å². The van der Waals surface area contributed by atoms with Crippen molar-refractivity contribution >= 4 is 12.0 Å². The average Bonchev–Trinajstić information content (AvgIpc) is 3.09. The highest BCUT2D eigenvalue weighted by atomic mass is 19.1. The molecule has 0 spiro atoms. The van der Waals surface area contributed by atoms with E-state index in [9.17, 15) is 9.18 Å². The zero-order valence-electron chi connectivity index (χ0n) is 12.6. The fraction of sp³-hybridized carbons (Fsp3) is 0.0556. The van der Waals surface area contributed by atoms with Crippen LogP contribution < -0.4 is 0 Å². The number of carbonyl (C=O) groups excluding carboxylic acids is 1. The molecule has 0 radical (unpaired) electrons. The molecular weight excluding hydrogens is 311 g/mol. The molecule has 3 aromatic rings. The molecule has 0 N–H and O–H groups in total. The second-order valence-corrected chi connectivity index (χ2v) is 4.87. The number of halogens is 1. The number of benzene rings is 2. The molecule has 2 aromatic carbocycles. The van der Waals surface area contributed by atoms with E-state index < -0.39 is 5.97 Å². The second kappa shape index (κ2) is 7.32. The van der Waals surface area contributed by atoms with Crippen LogP contribution in [0.1, 0.15) is 11.5 Å². The van der Waals surface area contributed by atoms with Gasteiger partial charge in [-0.2, -0.15) is 4.98 Å². The van der Waals surface area contributed by atoms with Crippen LogP contribution in [0.5, 0.6) is 0 Å². The number of hydrogen-bond acceptors (Lipinski definition) is 5. The summed E-state index contributed by atoms with van der Waals surface area (Å²) < 4.78 is 22.9. The Morgan fingerprint density at radius 1 is 1.12 bits per heavy atom. The third-order valence-corrected chi connectivity index (χ3v) is 3.12. The first-order valence-corrected chi connectivity index (χ1v) is 7.19. The quantitative estimate of drug-likeness (QED) is 0.529. The average molecular weight is 324 g/mol. The van der Waals surface area contributed by atoms with E-state index in [4.69, 9.17) is 9.26 Å². The van der Waals surface area contributed by atoms with Crippen LogP contribution in [0.25, 0.3) is 17.5 Å². The third-order valence-electron chi connectivity index (χ3n) is 3.12. The Bertz CT molecular complexity index is 842. The molecular formula is C18H13FN2O3. The number of rotatable bonds is 5. The number of carbonyl (C=O) groups is 1. The molecule has 0 saturated carbocycles. The maximum absolute atomic E-state index is 12.9. The minimum Gasteiger partial charge on any atom is -0.452 e. The van der Waals surface area contributed by atoms with Crippen LogP contribution in [0.3, 0.4) is 0 Å². The van der Waals surface area contributed by atoms with Gasteiger partial charge in [-0.25, -0.2) is 9.18 Å². The van der Waals surface area contributed by atoms with E-state index >= 15 is 0 Å². The third kappa shape index (κ3) is 4.13. The van der Waals surface area contributed by atoms with E-state index in [1.54, 1.807) is 18.2 Å². The highest BCUT2D eigenvalue weighted by molar-refractivity contribution is 5.86. The van der Waals surface area contributed by atoms with E-state index in [1.165, 1.54) is 18.2 Å². The molecule has 1 heterocycles. The summed E-state index contributed by atoms with van der Waals surface area (Å²) in [4.78, 5) is 15.8. The summed E-state index contributed by atoms with van der Waals surface area (Å²) in [6.07, 6.45) is 2.98. The van der Waals surface area contributed by atoms with E-state index in [2.05, 4.69) is 10.1 Å². The molecule has 0 atom stereocenters. The molecule has 0 aliphatic carbocycles. The molecule has 0 unspecified atom stereocenters. The molecule has 0 aliphatic rings. The number of ether oxygens (including phenoxy) is 1. The number of hydrogen-bond donors (Lipinski definition) is 0. The van der Waals surface area contributed by atoms with Gasteiger partial charge in [-0.05, 0) is 35.9 Å². The van der Waals surface area contributed by atoms with Crippen molar-refractivity contribution in [2.24, 2.45) is 0 Å². The maximum atomic E-state index is 12.9. The first-order valence-electron chi connectivity index (χ1n) is 7.19. The van der Waals surface area contributed by atoms with Gasteiger partial charge in [0.15, 0.2) is 6.61 Å². The minimum atomic E-state index is -0.514. The SMILES string of the molecule is O=C(/C=C/c1ccccc1)OCc1nc(-c2ccc(F)cc2)no1. The number of nitrogens with zero attached hydrogens (tertiary/aromatic N) is 2. The van der Waals surface area contributed by atoms with Crippen molar-refractivity contribution in [3.63, 3.8) is 0 Å². The molecule has 0 amide bonds. The van der Waals surface area contributed by atoms with Gasteiger partial charge in [-0.3, -0.25) is 0 Å². The van der Waals surface area contributed by atoms with Crippen molar-refractivity contribution in [3.05, 3.63) is 77.9 Å². The molecule has 5 nitrogen and oxygen atoms in total. The summed E-state index contributed by atoms with van der Waals surface area (Å²) in [6.45, 7) is -0.133. The lowest BCUT2D eigenvalue weighted by Gasteiger charge is -1.96. The lowest BCUT2D eigenvalue weighted by atomic mass is 10.2. The summed E-state index contributed by atoms with van der Waals surface area (Å²) >= 11 is 0. The van der Waals surface area contributed by atoms with Crippen LogP contribution >= 0.6 is 0 Å². The molecule has 0 saturated heterocycles. The molecule has 0 fully saturated rings. The number of esters is 1. The van der Waals surface area contributed by atoms with E-state index in [0.717, 1.165) is 5.56 Å². The van der Waals surface area contributed by atoms with Gasteiger partial charge in [0.05, 0.1) is 0 Å². The summed E-state index contributed by atoms with van der Waals surface area (Å²) in [7, 11) is 0. The van der Waals surface area contributed by atoms with Crippen molar-refractivity contribution in [2.45, 2.75) is 6.61 Å². The van der Waals surface area contributed by atoms with Gasteiger partial charge in [-0.1, -0.05) is 35.5 Å². The summed E-state index contributed by atoms with van der Waals surface area (Å²) in [5, 5.41) is 3.77. The second-order valence-electron chi connectivity index (χ2n) is 4.87. The van der Waals surface area contributed by atoms with Gasteiger partial charge < -0.3 is 9.26 Å². The molecule has 0 aliphatic heterocycles. The standard InChI is InChI=1S/C18H13FN2O3/c19-15-9-7-14(8-10-15)18-20-16(24-21-18)12-23-17(22)11-6-13-4-2-1-3-5-13/h1-11H,12H2/b11-6+. The highest BCUT2D eigenvalue weighted by Crippen LogP contribution is 2.16. The van der Waals surface area contributed by atoms with Crippen LogP contribution in [0.15, 0.2) is 65.2 Å². The molecule has 1 aromatic heterocycles. The molecule has 0 bridgehead atoms. The number of aromatic nitrogens is 2. The van der Waals surface area contributed by atoms with Crippen molar-refractivity contribution in [2.75, 3.05) is 0 Å². The predicted octanol–water partition coefficient (Wildman–Crippen LogP) is 3.63. The van der Waals surface area contributed by atoms with Gasteiger partial charge in [-0.15, -0.1) is 0 Å². The molecule has 120 valence electrons. The monoisotopic (exact) mass is 324 g/mol. The fourth-order valence-corrected chi connectivity index (χ4v) is 1.94. The van der Waals surface area contributed by atoms with Crippen LogP contribution in [-0.4, -0.2) is 16.1 Å². The van der Waals surface area contributed by atoms with Crippen LogP contribution in [-0.2, 0) is 16.1 Å². The predicted molar refractivity (Wildman–Crippen MR) is 85.0 cm³/mol. The van der Waals surface area contributed by atoms with Crippen molar-refractivity contribution in [1.82, 2.24) is 10.1 Å². The molecule has 3 rings (SSSR count). The molecule has 24 heavy (non-hydrogen) atoms. The van der Waals surface area contributed by atoms with E-state index in [1.807, 2.05) is 30.3 Å². The lowest BCUT2D eigenvalue weighted by molar-refractivity contribution is -0.139. The van der Waals surface area contributed by atoms with E-state index in [0.29, 0.717) is 11.4 Å². The Balaban J connectivity index is 1.56. The van der Waals surface area contributed by atoms with Crippen LogP contribution in [0, 0.1) is 5.82 Å². The van der Waals surface area contributed by atoms with Crippen LogP contribution in [0.2, 0.25) is 0 Å². The molecule has 6 heteroatoms. The largest absolute Gasteiger partial charge is 0.452 e. The Hall–Kier alpha value is -3.28. The zero-order chi connectivity index (χ0) is 16.8. The Morgan fingerprint density at radius 2 is 1.88 bits per heavy atom. The van der Waals surface area contributed by atoms with Crippen molar-refractivity contribution in [1.29, 1.82) is 0 Å². The first-order chi connectivity index (χ1) is 11.7. The van der Waals surface area contributed by atoms with Crippen molar-refractivity contribution < 1.29 is 18.4 Å². The summed E-state index contributed by atoms with van der Waals surface area (Å²) in [5.41, 5.74) is 1.51. The van der Waals surface area contributed by atoms with Gasteiger partial charge >= 0.3 is 5.97 Å². The summed E-state index contributed by atoms with van der Waals surface area (Å²) in [6, 6.07) is 15.1. The van der Waals surface area contributed by atoms with Gasteiger partial charge in [0, 0.05) is 11.6 Å². The Morgan fingerprint density at radius 3 is 2.62 bits per heavy atom. The first kappa shape index (κ1) is 15.6. The fourth-order valence-electron chi connectivity index (χ4n) is 1.94. The lowest BCUT2D eigenvalue weighted by Crippen LogP contribution is -2.00. The van der Waals surface area contributed by atoms with Gasteiger partial charge in [0.25, 0.3) is 5.89 Å². The minimum absolute atomic E-state index is 0.133. The summed E-state index contributed by atoms with van der Waals surface area (Å²) in [5.74, 6) is -0.390. The normalized spacial score (nSPS) is 10.9. The maximum Gasteiger partial charge on any atom is 0.331 e. The Kier molecular flexibility index (Phi) is 4.76. The smallest absolute Gasteiger partial charge is 0.331 e. The Labute approximate surface area is 137 Å². The van der Waals surface area contributed by atoms with Crippen LogP contribution in [0.4, 0.5) is 4.39 Å². The van der Waals surface area contributed by atoms with Gasteiger partial charge in [0.1, 0.15) is 5.82 Å². The zero-order valence-corrected chi connectivity index (χ0v) is 12.6. The van der Waals surface area contributed by atoms with Crippen molar-refractivity contribution in [3.8, 4) is 11.4 Å². The van der Waals surface area contributed by atoms with Gasteiger partial charge in [0.2, 0.25) is 5.82 Å².